The van der Waals surface area contributed by atoms with Gasteiger partial charge in [0.15, 0.2) is 0 Å². The van der Waals surface area contributed by atoms with Gasteiger partial charge < -0.3 is 15.1 Å². The van der Waals surface area contributed by atoms with Gasteiger partial charge in [-0.1, -0.05) is 48.0 Å². The van der Waals surface area contributed by atoms with Crippen LogP contribution in [0.25, 0.3) is 6.08 Å². The Bertz CT molecular complexity index is 930. The van der Waals surface area contributed by atoms with E-state index in [0.717, 1.165) is 11.1 Å². The predicted octanol–water partition coefficient (Wildman–Crippen LogP) is 3.34. The summed E-state index contributed by atoms with van der Waals surface area (Å²) in [6, 6.07) is 17.2. The summed E-state index contributed by atoms with van der Waals surface area (Å²) in [5.74, 6) is -0.482. The molecule has 0 saturated carbocycles. The fourth-order valence-electron chi connectivity index (χ4n) is 3.63. The van der Waals surface area contributed by atoms with E-state index in [1.807, 2.05) is 61.5 Å². The number of carbonyl (C=O) groups excluding carboxylic acids is 3. The summed E-state index contributed by atoms with van der Waals surface area (Å²) in [6.45, 7) is 3.07. The van der Waals surface area contributed by atoms with Crippen LogP contribution in [0.1, 0.15) is 24.0 Å². The van der Waals surface area contributed by atoms with Gasteiger partial charge in [0.2, 0.25) is 17.7 Å². The lowest BCUT2D eigenvalue weighted by atomic mass is 9.95. The molecule has 1 N–H and O–H groups in total. The molecule has 1 saturated heterocycles. The van der Waals surface area contributed by atoms with Crippen LogP contribution < -0.4 is 5.32 Å². The summed E-state index contributed by atoms with van der Waals surface area (Å²) in [5, 5.41) is 2.81. The zero-order valence-corrected chi connectivity index (χ0v) is 18.1. The highest BCUT2D eigenvalue weighted by Gasteiger charge is 2.29. The van der Waals surface area contributed by atoms with Crippen LogP contribution in [0, 0.1) is 12.8 Å². The number of piperidine rings is 1. The number of likely N-dealkylation sites (N-methyl/N-ethyl adjacent to an activating group) is 1. The average Bonchev–Trinajstić information content (AvgIpc) is 2.79. The molecule has 0 bridgehead atoms. The normalized spacial score (nSPS) is 14.5. The maximum absolute atomic E-state index is 12.7. The molecule has 0 aromatic heterocycles. The summed E-state index contributed by atoms with van der Waals surface area (Å²) >= 11 is 0. The molecule has 2 aromatic rings. The first-order valence-electron chi connectivity index (χ1n) is 10.6. The van der Waals surface area contributed by atoms with E-state index in [0.29, 0.717) is 31.6 Å². The lowest BCUT2D eigenvalue weighted by molar-refractivity contribution is -0.140. The van der Waals surface area contributed by atoms with Gasteiger partial charge in [0.05, 0.1) is 6.54 Å². The molecule has 0 atom stereocenters. The predicted molar refractivity (Wildman–Crippen MR) is 122 cm³/mol. The second kappa shape index (κ2) is 10.6. The Morgan fingerprint density at radius 1 is 1.03 bits per heavy atom. The van der Waals surface area contributed by atoms with Crippen LogP contribution in [0.5, 0.6) is 0 Å². The van der Waals surface area contributed by atoms with E-state index >= 15 is 0 Å². The van der Waals surface area contributed by atoms with E-state index in [1.165, 1.54) is 4.90 Å². The molecule has 3 rings (SSSR count). The first-order chi connectivity index (χ1) is 14.9. The van der Waals surface area contributed by atoms with Crippen LogP contribution in [0.4, 0.5) is 5.69 Å². The summed E-state index contributed by atoms with van der Waals surface area (Å²) in [7, 11) is 1.65. The third-order valence-electron chi connectivity index (χ3n) is 5.47. The molecule has 0 unspecified atom stereocenters. The maximum atomic E-state index is 12.7. The van der Waals surface area contributed by atoms with E-state index in [1.54, 1.807) is 24.1 Å². The molecule has 1 aliphatic heterocycles. The minimum absolute atomic E-state index is 0.00562. The fourth-order valence-corrected chi connectivity index (χ4v) is 3.63. The summed E-state index contributed by atoms with van der Waals surface area (Å²) in [4.78, 5) is 40.7. The minimum Gasteiger partial charge on any atom is -0.339 e. The van der Waals surface area contributed by atoms with Crippen molar-refractivity contribution in [2.75, 3.05) is 32.0 Å². The molecule has 31 heavy (non-hydrogen) atoms. The molecule has 1 heterocycles. The van der Waals surface area contributed by atoms with Crippen molar-refractivity contribution in [1.29, 1.82) is 0 Å². The van der Waals surface area contributed by atoms with Gasteiger partial charge in [-0.25, -0.2) is 0 Å². The molecule has 6 heteroatoms. The fraction of sp³-hybridized carbons (Fsp3) is 0.320. The Labute approximate surface area is 183 Å². The Morgan fingerprint density at radius 2 is 1.68 bits per heavy atom. The van der Waals surface area contributed by atoms with E-state index < -0.39 is 0 Å². The van der Waals surface area contributed by atoms with Crippen molar-refractivity contribution in [3.05, 3.63) is 71.8 Å². The van der Waals surface area contributed by atoms with Crippen LogP contribution in [-0.4, -0.2) is 54.2 Å². The number of aryl methyl sites for hydroxylation is 1. The maximum Gasteiger partial charge on any atom is 0.246 e. The second-order valence-electron chi connectivity index (χ2n) is 7.95. The number of hydrogen-bond acceptors (Lipinski definition) is 3. The number of nitrogens with zero attached hydrogens (tertiary/aromatic N) is 2. The number of nitrogens with one attached hydrogen (secondary N) is 1. The summed E-state index contributed by atoms with van der Waals surface area (Å²) < 4.78 is 0. The average molecular weight is 420 g/mol. The number of rotatable bonds is 6. The molecule has 6 nitrogen and oxygen atoms in total. The Balaban J connectivity index is 1.44. The topological polar surface area (TPSA) is 69.7 Å². The number of amides is 3. The molecule has 0 aliphatic carbocycles. The van der Waals surface area contributed by atoms with Crippen LogP contribution in [0.15, 0.2) is 60.7 Å². The number of likely N-dealkylation sites (tertiary alicyclic amines) is 1. The van der Waals surface area contributed by atoms with Crippen LogP contribution in [-0.2, 0) is 14.4 Å². The molecular formula is C25H29N3O3. The number of benzene rings is 2. The van der Waals surface area contributed by atoms with Gasteiger partial charge in [-0.05, 0) is 43.5 Å². The van der Waals surface area contributed by atoms with Gasteiger partial charge in [-0.2, -0.15) is 0 Å². The number of anilines is 1. The highest BCUT2D eigenvalue weighted by atomic mass is 16.2. The van der Waals surface area contributed by atoms with Gasteiger partial charge in [0.1, 0.15) is 0 Å². The molecule has 1 fully saturated rings. The first kappa shape index (κ1) is 22.3. The van der Waals surface area contributed by atoms with Crippen molar-refractivity contribution in [2.45, 2.75) is 19.8 Å². The van der Waals surface area contributed by atoms with Crippen molar-refractivity contribution in [1.82, 2.24) is 9.80 Å². The number of carbonyl (C=O) groups is 3. The van der Waals surface area contributed by atoms with Gasteiger partial charge in [0.25, 0.3) is 0 Å². The van der Waals surface area contributed by atoms with Crippen LogP contribution in [0.2, 0.25) is 0 Å². The lowest BCUT2D eigenvalue weighted by Gasteiger charge is -2.32. The highest BCUT2D eigenvalue weighted by molar-refractivity contribution is 5.95. The quantitative estimate of drug-likeness (QED) is 0.730. The van der Waals surface area contributed by atoms with Crippen molar-refractivity contribution >= 4 is 29.5 Å². The van der Waals surface area contributed by atoms with Gasteiger partial charge in [0, 0.05) is 37.8 Å². The van der Waals surface area contributed by atoms with Crippen molar-refractivity contribution < 1.29 is 14.4 Å². The number of hydrogen-bond donors (Lipinski definition) is 1. The van der Waals surface area contributed by atoms with Gasteiger partial charge >= 0.3 is 0 Å². The van der Waals surface area contributed by atoms with Crippen molar-refractivity contribution in [2.24, 2.45) is 5.92 Å². The third kappa shape index (κ3) is 6.54. The van der Waals surface area contributed by atoms with E-state index in [2.05, 4.69) is 5.32 Å². The summed E-state index contributed by atoms with van der Waals surface area (Å²) in [6.07, 6.45) is 4.60. The molecule has 3 amide bonds. The lowest BCUT2D eigenvalue weighted by Crippen LogP contribution is -2.44. The van der Waals surface area contributed by atoms with Crippen LogP contribution >= 0.6 is 0 Å². The molecule has 1 aliphatic rings. The van der Waals surface area contributed by atoms with Crippen LogP contribution in [0.3, 0.4) is 0 Å². The van der Waals surface area contributed by atoms with Crippen molar-refractivity contribution in [3.8, 4) is 0 Å². The standard InChI is InChI=1S/C25H29N3O3/c1-19-8-11-22(12-9-19)26-23(29)18-27(2)25(31)21-14-16-28(17-15-21)24(30)13-10-20-6-4-3-5-7-20/h3-13,21H,14-18H2,1-2H3,(H,26,29)/b13-10+. The third-order valence-corrected chi connectivity index (χ3v) is 5.47. The Hall–Kier alpha value is -3.41. The molecule has 0 spiro atoms. The minimum atomic E-state index is -0.224. The molecular weight excluding hydrogens is 390 g/mol. The van der Waals surface area contributed by atoms with E-state index in [9.17, 15) is 14.4 Å². The molecule has 162 valence electrons. The van der Waals surface area contributed by atoms with E-state index in [-0.39, 0.29) is 30.2 Å². The Kier molecular flexibility index (Phi) is 7.60. The summed E-state index contributed by atoms with van der Waals surface area (Å²) in [5.41, 5.74) is 2.81. The zero-order chi connectivity index (χ0) is 22.2. The highest BCUT2D eigenvalue weighted by Crippen LogP contribution is 2.20. The van der Waals surface area contributed by atoms with Crippen molar-refractivity contribution in [3.63, 3.8) is 0 Å². The second-order valence-corrected chi connectivity index (χ2v) is 7.95. The monoisotopic (exact) mass is 419 g/mol. The van der Waals surface area contributed by atoms with Gasteiger partial charge in [-0.3, -0.25) is 14.4 Å². The molecule has 2 aromatic carbocycles. The largest absolute Gasteiger partial charge is 0.339 e. The smallest absolute Gasteiger partial charge is 0.246 e. The molecule has 0 radical (unpaired) electrons. The zero-order valence-electron chi connectivity index (χ0n) is 18.1. The van der Waals surface area contributed by atoms with Gasteiger partial charge in [-0.15, -0.1) is 0 Å². The SMILES string of the molecule is Cc1ccc(NC(=O)CN(C)C(=O)C2CCN(C(=O)/C=C/c3ccccc3)CC2)cc1. The Morgan fingerprint density at radius 3 is 2.32 bits per heavy atom. The van der Waals surface area contributed by atoms with E-state index in [4.69, 9.17) is 0 Å². The first-order valence-corrected chi connectivity index (χ1v) is 10.6.